The number of alkyl halides is 2. The molecule has 1 rings (SSSR count). The van der Waals surface area contributed by atoms with Crippen molar-refractivity contribution in [3.63, 3.8) is 0 Å². The molecule has 0 saturated carbocycles. The predicted molar refractivity (Wildman–Crippen MR) is 64.9 cm³/mol. The van der Waals surface area contributed by atoms with Crippen LogP contribution in [0, 0.1) is 11.6 Å². The van der Waals surface area contributed by atoms with Crippen molar-refractivity contribution in [2.24, 2.45) is 0 Å². The molecule has 0 radical (unpaired) electrons. The molecule has 0 heterocycles. The second-order valence-electron chi connectivity index (χ2n) is 4.10. The first-order valence-corrected chi connectivity index (χ1v) is 7.01. The fourth-order valence-electron chi connectivity index (χ4n) is 1.57. The van der Waals surface area contributed by atoms with Crippen molar-refractivity contribution >= 4 is 10.0 Å². The highest BCUT2D eigenvalue weighted by atomic mass is 32.2. The van der Waals surface area contributed by atoms with Crippen LogP contribution in [0.1, 0.15) is 5.56 Å². The number of benzene rings is 1. The van der Waals surface area contributed by atoms with Crippen molar-refractivity contribution in [1.82, 2.24) is 9.62 Å². The maximum atomic E-state index is 13.6. The quantitative estimate of drug-likeness (QED) is 0.811. The van der Waals surface area contributed by atoms with Gasteiger partial charge in [-0.15, -0.1) is 0 Å². The van der Waals surface area contributed by atoms with Gasteiger partial charge in [0.1, 0.15) is 4.90 Å². The summed E-state index contributed by atoms with van der Waals surface area (Å²) < 4.78 is 75.7. The van der Waals surface area contributed by atoms with Crippen LogP contribution in [-0.2, 0) is 16.6 Å². The van der Waals surface area contributed by atoms with Gasteiger partial charge >= 0.3 is 0 Å². The molecule has 1 aromatic carbocycles. The van der Waals surface area contributed by atoms with E-state index in [1.54, 1.807) is 7.05 Å². The van der Waals surface area contributed by atoms with Crippen molar-refractivity contribution in [3.8, 4) is 0 Å². The molecule has 1 aromatic rings. The van der Waals surface area contributed by atoms with Gasteiger partial charge in [0, 0.05) is 13.6 Å². The Kier molecular flexibility index (Phi) is 5.49. The van der Waals surface area contributed by atoms with E-state index in [2.05, 4.69) is 5.32 Å². The SMILES string of the molecule is CNCc1cc(F)c(F)c(S(=O)(=O)N(C)CC(F)F)c1. The van der Waals surface area contributed by atoms with Crippen molar-refractivity contribution in [2.75, 3.05) is 20.6 Å². The summed E-state index contributed by atoms with van der Waals surface area (Å²) in [5.74, 6) is -2.92. The average molecular weight is 314 g/mol. The minimum absolute atomic E-state index is 0.109. The van der Waals surface area contributed by atoms with Gasteiger partial charge in [0.2, 0.25) is 10.0 Å². The summed E-state index contributed by atoms with van der Waals surface area (Å²) in [5, 5.41) is 2.65. The lowest BCUT2D eigenvalue weighted by atomic mass is 10.2. The number of sulfonamides is 1. The Hall–Kier alpha value is -1.19. The van der Waals surface area contributed by atoms with E-state index >= 15 is 0 Å². The third-order valence-electron chi connectivity index (χ3n) is 2.52. The van der Waals surface area contributed by atoms with Gasteiger partial charge in [-0.3, -0.25) is 0 Å². The fraction of sp³-hybridized carbons (Fsp3) is 0.455. The third-order valence-corrected chi connectivity index (χ3v) is 4.34. The molecule has 0 unspecified atom stereocenters. The Morgan fingerprint density at radius 3 is 2.40 bits per heavy atom. The molecule has 0 amide bonds. The molecular weight excluding hydrogens is 300 g/mol. The van der Waals surface area contributed by atoms with Crippen LogP contribution in [0.3, 0.4) is 0 Å². The normalized spacial score (nSPS) is 12.4. The molecule has 0 fully saturated rings. The monoisotopic (exact) mass is 314 g/mol. The van der Waals surface area contributed by atoms with E-state index in [9.17, 15) is 26.0 Å². The molecule has 1 N–H and O–H groups in total. The summed E-state index contributed by atoms with van der Waals surface area (Å²) in [4.78, 5) is -0.953. The van der Waals surface area contributed by atoms with Gasteiger partial charge in [-0.05, 0) is 24.7 Å². The van der Waals surface area contributed by atoms with Gasteiger partial charge in [0.25, 0.3) is 6.43 Å². The Labute approximate surface area is 114 Å². The first-order chi connectivity index (χ1) is 9.20. The van der Waals surface area contributed by atoms with Crippen LogP contribution in [-0.4, -0.2) is 39.8 Å². The van der Waals surface area contributed by atoms with E-state index in [0.29, 0.717) is 4.31 Å². The number of halogens is 4. The van der Waals surface area contributed by atoms with E-state index in [4.69, 9.17) is 0 Å². The average Bonchev–Trinajstić information content (AvgIpc) is 2.32. The van der Waals surface area contributed by atoms with Crippen molar-refractivity contribution in [1.29, 1.82) is 0 Å². The van der Waals surface area contributed by atoms with Gasteiger partial charge in [-0.1, -0.05) is 0 Å². The van der Waals surface area contributed by atoms with Crippen LogP contribution >= 0.6 is 0 Å². The lowest BCUT2D eigenvalue weighted by Crippen LogP contribution is -2.32. The minimum Gasteiger partial charge on any atom is -0.316 e. The van der Waals surface area contributed by atoms with Crippen LogP contribution in [0.25, 0.3) is 0 Å². The van der Waals surface area contributed by atoms with Gasteiger partial charge in [0.15, 0.2) is 11.6 Å². The maximum Gasteiger partial charge on any atom is 0.252 e. The first-order valence-electron chi connectivity index (χ1n) is 5.57. The molecule has 0 aromatic heterocycles. The van der Waals surface area contributed by atoms with Crippen LogP contribution in [0.5, 0.6) is 0 Å². The largest absolute Gasteiger partial charge is 0.316 e. The first kappa shape index (κ1) is 16.9. The molecule has 0 saturated heterocycles. The number of nitrogens with zero attached hydrogens (tertiary/aromatic N) is 1. The highest BCUT2D eigenvalue weighted by molar-refractivity contribution is 7.89. The van der Waals surface area contributed by atoms with Crippen LogP contribution in [0.15, 0.2) is 17.0 Å². The Morgan fingerprint density at radius 2 is 1.90 bits per heavy atom. The van der Waals surface area contributed by atoms with Crippen LogP contribution < -0.4 is 5.32 Å². The molecule has 0 aliphatic heterocycles. The zero-order valence-electron chi connectivity index (χ0n) is 10.8. The Balaban J connectivity index is 3.29. The highest BCUT2D eigenvalue weighted by Gasteiger charge is 2.28. The van der Waals surface area contributed by atoms with Crippen LogP contribution in [0.4, 0.5) is 17.6 Å². The molecule has 0 spiro atoms. The zero-order chi connectivity index (χ0) is 15.5. The van der Waals surface area contributed by atoms with Gasteiger partial charge in [0.05, 0.1) is 6.54 Å². The number of rotatable bonds is 6. The molecule has 0 aliphatic rings. The molecule has 20 heavy (non-hydrogen) atoms. The summed E-state index contributed by atoms with van der Waals surface area (Å²) in [6.07, 6.45) is -2.91. The Bertz CT molecular complexity index is 578. The standard InChI is InChI=1S/C11H14F4N2O2S/c1-16-5-7-3-8(12)11(15)9(4-7)20(18,19)17(2)6-10(13)14/h3-4,10,16H,5-6H2,1-2H3. The second kappa shape index (κ2) is 6.51. The zero-order valence-corrected chi connectivity index (χ0v) is 11.6. The fourth-order valence-corrected chi connectivity index (χ4v) is 2.84. The topological polar surface area (TPSA) is 49.4 Å². The summed E-state index contributed by atoms with van der Waals surface area (Å²) in [5.41, 5.74) is 0.190. The maximum absolute atomic E-state index is 13.6. The van der Waals surface area contributed by atoms with Crippen LogP contribution in [0.2, 0.25) is 0 Å². The predicted octanol–water partition coefficient (Wildman–Crippen LogP) is 1.57. The van der Waals surface area contributed by atoms with E-state index in [1.165, 1.54) is 0 Å². The highest BCUT2D eigenvalue weighted by Crippen LogP contribution is 2.23. The molecule has 0 bridgehead atoms. The van der Waals surface area contributed by atoms with E-state index in [1.807, 2.05) is 0 Å². The smallest absolute Gasteiger partial charge is 0.252 e. The molecule has 9 heteroatoms. The van der Waals surface area contributed by atoms with Gasteiger partial charge in [-0.2, -0.15) is 4.31 Å². The summed E-state index contributed by atoms with van der Waals surface area (Å²) in [6.45, 7) is -0.988. The molecule has 0 aliphatic carbocycles. The van der Waals surface area contributed by atoms with Gasteiger partial charge < -0.3 is 5.32 Å². The van der Waals surface area contributed by atoms with E-state index < -0.39 is 39.5 Å². The molecule has 114 valence electrons. The number of hydrogen-bond donors (Lipinski definition) is 1. The molecule has 0 atom stereocenters. The third kappa shape index (κ3) is 3.68. The van der Waals surface area contributed by atoms with Gasteiger partial charge in [-0.25, -0.2) is 26.0 Å². The molecular formula is C11H14F4N2O2S. The van der Waals surface area contributed by atoms with Crippen molar-refractivity contribution < 1.29 is 26.0 Å². The Morgan fingerprint density at radius 1 is 1.30 bits per heavy atom. The lowest BCUT2D eigenvalue weighted by Gasteiger charge is -2.18. The lowest BCUT2D eigenvalue weighted by molar-refractivity contribution is 0.126. The van der Waals surface area contributed by atoms with Crippen molar-refractivity contribution in [2.45, 2.75) is 17.9 Å². The molecule has 4 nitrogen and oxygen atoms in total. The second-order valence-corrected chi connectivity index (χ2v) is 6.11. The minimum atomic E-state index is -4.52. The number of nitrogens with one attached hydrogen (secondary N) is 1. The van der Waals surface area contributed by atoms with Crippen molar-refractivity contribution in [3.05, 3.63) is 29.3 Å². The van der Waals surface area contributed by atoms with E-state index in [-0.39, 0.29) is 12.1 Å². The summed E-state index contributed by atoms with van der Waals surface area (Å²) >= 11 is 0. The summed E-state index contributed by atoms with van der Waals surface area (Å²) in [7, 11) is -2.10. The van der Waals surface area contributed by atoms with E-state index in [0.717, 1.165) is 19.2 Å². The summed E-state index contributed by atoms with van der Waals surface area (Å²) in [6, 6.07) is 1.77. The number of hydrogen-bond acceptors (Lipinski definition) is 3.